The van der Waals surface area contributed by atoms with Crippen LogP contribution in [0.2, 0.25) is 0 Å². The van der Waals surface area contributed by atoms with E-state index in [2.05, 4.69) is 9.71 Å². The molecule has 6 nitrogen and oxygen atoms in total. The Hall–Kier alpha value is -1.96. The molecule has 1 saturated heterocycles. The highest BCUT2D eigenvalue weighted by atomic mass is 32.2. The highest BCUT2D eigenvalue weighted by molar-refractivity contribution is 7.90. The van der Waals surface area contributed by atoms with Crippen molar-refractivity contribution in [1.82, 2.24) is 9.71 Å². The van der Waals surface area contributed by atoms with E-state index in [1.165, 1.54) is 0 Å². The molecule has 1 aliphatic rings. The van der Waals surface area contributed by atoms with Crippen LogP contribution in [0.15, 0.2) is 48.8 Å². The van der Waals surface area contributed by atoms with Crippen molar-refractivity contribution in [1.29, 1.82) is 0 Å². The lowest BCUT2D eigenvalue weighted by molar-refractivity contribution is 0.140. The van der Waals surface area contributed by atoms with Gasteiger partial charge in [-0.15, -0.1) is 0 Å². The number of nitrogens with one attached hydrogen (secondary N) is 1. The highest BCUT2D eigenvalue weighted by Gasteiger charge is 2.34. The van der Waals surface area contributed by atoms with Crippen molar-refractivity contribution in [3.8, 4) is 16.9 Å². The molecule has 1 aromatic heterocycles. The van der Waals surface area contributed by atoms with Crippen molar-refractivity contribution in [2.24, 2.45) is 0 Å². The van der Waals surface area contributed by atoms with Crippen LogP contribution in [0, 0.1) is 0 Å². The van der Waals surface area contributed by atoms with Crippen molar-refractivity contribution in [2.75, 3.05) is 13.2 Å². The van der Waals surface area contributed by atoms with Crippen LogP contribution in [0.1, 0.15) is 13.8 Å². The Bertz CT molecular complexity index is 792. The molecule has 0 aliphatic carbocycles. The van der Waals surface area contributed by atoms with Crippen LogP contribution in [-0.4, -0.2) is 44.0 Å². The van der Waals surface area contributed by atoms with Gasteiger partial charge in [-0.2, -0.15) is 0 Å². The average molecular weight is 362 g/mol. The van der Waals surface area contributed by atoms with Crippen molar-refractivity contribution in [3.63, 3.8) is 0 Å². The summed E-state index contributed by atoms with van der Waals surface area (Å²) in [5, 5.41) is -0.493. The fourth-order valence-corrected chi connectivity index (χ4v) is 3.46. The number of aromatic nitrogens is 1. The van der Waals surface area contributed by atoms with E-state index in [0.717, 1.165) is 11.1 Å². The summed E-state index contributed by atoms with van der Waals surface area (Å²) in [6, 6.07) is 11.1. The second-order valence-corrected chi connectivity index (χ2v) is 8.55. The molecule has 2 aromatic rings. The van der Waals surface area contributed by atoms with Gasteiger partial charge < -0.3 is 9.47 Å². The van der Waals surface area contributed by atoms with E-state index in [1.54, 1.807) is 26.2 Å². The van der Waals surface area contributed by atoms with Gasteiger partial charge in [0.25, 0.3) is 0 Å². The first-order chi connectivity index (χ1) is 12.0. The molecule has 134 valence electrons. The zero-order valence-electron chi connectivity index (χ0n) is 14.3. The van der Waals surface area contributed by atoms with Gasteiger partial charge in [0.2, 0.25) is 10.0 Å². The molecule has 1 aliphatic heterocycles. The predicted octanol–water partition coefficient (Wildman–Crippen LogP) is 2.22. The monoisotopic (exact) mass is 362 g/mol. The van der Waals surface area contributed by atoms with Gasteiger partial charge in [-0.1, -0.05) is 18.2 Å². The number of pyridine rings is 1. The van der Waals surface area contributed by atoms with Crippen LogP contribution in [-0.2, 0) is 14.8 Å². The van der Waals surface area contributed by atoms with Crippen molar-refractivity contribution >= 4 is 10.0 Å². The first-order valence-corrected chi connectivity index (χ1v) is 9.76. The van der Waals surface area contributed by atoms with E-state index < -0.39 is 15.3 Å². The Kier molecular flexibility index (Phi) is 5.36. The molecule has 0 spiro atoms. The molecule has 2 atom stereocenters. The van der Waals surface area contributed by atoms with Crippen molar-refractivity contribution < 1.29 is 17.9 Å². The Morgan fingerprint density at radius 2 is 1.92 bits per heavy atom. The van der Waals surface area contributed by atoms with E-state index >= 15 is 0 Å². The normalized spacial score (nSPS) is 20.8. The minimum absolute atomic E-state index is 0.310. The molecule has 3 rings (SSSR count). The van der Waals surface area contributed by atoms with Gasteiger partial charge in [0.05, 0.1) is 24.5 Å². The van der Waals surface area contributed by atoms with Gasteiger partial charge in [0.15, 0.2) is 0 Å². The first-order valence-electron chi connectivity index (χ1n) is 8.22. The fourth-order valence-electron chi connectivity index (χ4n) is 2.54. The SMILES string of the molecule is CC(C)S(=O)(=O)N[C@@H]1COC[C@@H]1Oc1ccc(-c2cccnc2)cc1. The van der Waals surface area contributed by atoms with Gasteiger partial charge in [0, 0.05) is 12.4 Å². The van der Waals surface area contributed by atoms with Crippen LogP contribution >= 0.6 is 0 Å². The lowest BCUT2D eigenvalue weighted by Gasteiger charge is -2.21. The lowest BCUT2D eigenvalue weighted by atomic mass is 10.1. The summed E-state index contributed by atoms with van der Waals surface area (Å²) >= 11 is 0. The summed E-state index contributed by atoms with van der Waals surface area (Å²) in [5.74, 6) is 0.678. The molecule has 0 unspecified atom stereocenters. The Morgan fingerprint density at radius 1 is 1.16 bits per heavy atom. The maximum atomic E-state index is 12.1. The Morgan fingerprint density at radius 3 is 2.56 bits per heavy atom. The maximum Gasteiger partial charge on any atom is 0.214 e. The zero-order chi connectivity index (χ0) is 17.9. The molecule has 0 saturated carbocycles. The molecule has 25 heavy (non-hydrogen) atoms. The maximum absolute atomic E-state index is 12.1. The van der Waals surface area contributed by atoms with Crippen LogP contribution < -0.4 is 9.46 Å². The molecule has 1 fully saturated rings. The number of sulfonamides is 1. The van der Waals surface area contributed by atoms with E-state index in [4.69, 9.17) is 9.47 Å². The third-order valence-electron chi connectivity index (χ3n) is 4.10. The summed E-state index contributed by atoms with van der Waals surface area (Å²) in [7, 11) is -3.37. The van der Waals surface area contributed by atoms with Gasteiger partial charge in [-0.05, 0) is 43.2 Å². The Balaban J connectivity index is 1.67. The molecule has 0 amide bonds. The molecule has 7 heteroatoms. The smallest absolute Gasteiger partial charge is 0.214 e. The molecular formula is C18H22N2O4S. The number of hydrogen-bond donors (Lipinski definition) is 1. The number of ether oxygens (including phenoxy) is 2. The van der Waals surface area contributed by atoms with Crippen LogP contribution in [0.25, 0.3) is 11.1 Å². The van der Waals surface area contributed by atoms with E-state index in [1.807, 2.05) is 36.4 Å². The lowest BCUT2D eigenvalue weighted by Crippen LogP contribution is -2.47. The predicted molar refractivity (Wildman–Crippen MR) is 95.9 cm³/mol. The number of hydrogen-bond acceptors (Lipinski definition) is 5. The highest BCUT2D eigenvalue weighted by Crippen LogP contribution is 2.23. The summed E-state index contributed by atoms with van der Waals surface area (Å²) < 4.78 is 38.1. The van der Waals surface area contributed by atoms with Crippen LogP contribution in [0.3, 0.4) is 0 Å². The summed E-state index contributed by atoms with van der Waals surface area (Å²) in [6.07, 6.45) is 3.19. The van der Waals surface area contributed by atoms with Crippen LogP contribution in [0.5, 0.6) is 5.75 Å². The average Bonchev–Trinajstić information content (AvgIpc) is 3.02. The third-order valence-corrected chi connectivity index (χ3v) is 5.97. The largest absolute Gasteiger partial charge is 0.486 e. The molecule has 2 heterocycles. The van der Waals surface area contributed by atoms with Gasteiger partial charge in [-0.25, -0.2) is 13.1 Å². The minimum atomic E-state index is -3.37. The number of nitrogens with zero attached hydrogens (tertiary/aromatic N) is 1. The second-order valence-electron chi connectivity index (χ2n) is 6.28. The third kappa shape index (κ3) is 4.36. The molecule has 0 radical (unpaired) electrons. The zero-order valence-corrected chi connectivity index (χ0v) is 15.1. The Labute approximate surface area is 148 Å². The van der Waals surface area contributed by atoms with Gasteiger partial charge >= 0.3 is 0 Å². The number of benzene rings is 1. The molecular weight excluding hydrogens is 340 g/mol. The van der Waals surface area contributed by atoms with E-state index in [-0.39, 0.29) is 12.1 Å². The first kappa shape index (κ1) is 17.8. The minimum Gasteiger partial charge on any atom is -0.486 e. The quantitative estimate of drug-likeness (QED) is 0.853. The van der Waals surface area contributed by atoms with Crippen molar-refractivity contribution in [2.45, 2.75) is 31.2 Å². The molecule has 1 aromatic carbocycles. The topological polar surface area (TPSA) is 77.5 Å². The van der Waals surface area contributed by atoms with E-state index in [0.29, 0.717) is 19.0 Å². The fraction of sp³-hybridized carbons (Fsp3) is 0.389. The summed E-state index contributed by atoms with van der Waals surface area (Å²) in [6.45, 7) is 3.95. The number of rotatable bonds is 6. The molecule has 0 bridgehead atoms. The van der Waals surface area contributed by atoms with Gasteiger partial charge in [-0.3, -0.25) is 4.98 Å². The second kappa shape index (κ2) is 7.51. The standard InChI is InChI=1S/C18H22N2O4S/c1-13(2)25(21,22)20-17-11-23-12-18(17)24-16-7-5-14(6-8-16)15-4-3-9-19-10-15/h3-10,13,17-18,20H,11-12H2,1-2H3/t17-,18+/m1/s1. The molecule has 1 N–H and O–H groups in total. The summed E-state index contributed by atoms with van der Waals surface area (Å²) in [5.41, 5.74) is 2.07. The van der Waals surface area contributed by atoms with Gasteiger partial charge in [0.1, 0.15) is 11.9 Å². The van der Waals surface area contributed by atoms with E-state index in [9.17, 15) is 8.42 Å². The van der Waals surface area contributed by atoms with Crippen molar-refractivity contribution in [3.05, 3.63) is 48.8 Å². The summed E-state index contributed by atoms with van der Waals surface area (Å²) in [4.78, 5) is 4.11. The van der Waals surface area contributed by atoms with Crippen LogP contribution in [0.4, 0.5) is 0 Å².